The summed E-state index contributed by atoms with van der Waals surface area (Å²) in [5.74, 6) is -0.182. The van der Waals surface area contributed by atoms with Crippen LogP contribution in [0.1, 0.15) is 37.8 Å². The van der Waals surface area contributed by atoms with E-state index in [0.717, 1.165) is 37.1 Å². The Hall–Kier alpha value is -3.16. The highest BCUT2D eigenvalue weighted by Gasteiger charge is 2.26. The third kappa shape index (κ3) is 3.87. The molecule has 3 heterocycles. The maximum Gasteiger partial charge on any atom is 0.321 e. The summed E-state index contributed by atoms with van der Waals surface area (Å²) in [6, 6.07) is 9.19. The van der Waals surface area contributed by atoms with Crippen LogP contribution in [0.4, 0.5) is 14.9 Å². The van der Waals surface area contributed by atoms with Crippen molar-refractivity contribution in [3.8, 4) is 0 Å². The van der Waals surface area contributed by atoms with E-state index in [9.17, 15) is 14.0 Å². The molecule has 2 aromatic heterocycles. The molecule has 1 N–H and O–H groups in total. The minimum Gasteiger partial charge on any atom is -0.329 e. The van der Waals surface area contributed by atoms with E-state index in [-0.39, 0.29) is 23.3 Å². The van der Waals surface area contributed by atoms with Crippen molar-refractivity contribution in [3.63, 3.8) is 0 Å². The molecule has 0 unspecified atom stereocenters. The SMILES string of the molecule is CCCn1c(C2CCN(C(=O)Nc3cccc(F)c3)CC2)cc(=O)n2nccc12. The zero-order valence-electron chi connectivity index (χ0n) is 16.3. The van der Waals surface area contributed by atoms with E-state index in [4.69, 9.17) is 0 Å². The number of carbonyl (C=O) groups is 1. The molecule has 7 nitrogen and oxygen atoms in total. The first-order valence-electron chi connectivity index (χ1n) is 9.96. The number of nitrogens with one attached hydrogen (secondary N) is 1. The average molecular weight is 397 g/mol. The van der Waals surface area contributed by atoms with Crippen LogP contribution in [0.3, 0.4) is 0 Å². The highest BCUT2D eigenvalue weighted by Crippen LogP contribution is 2.29. The van der Waals surface area contributed by atoms with Crippen LogP contribution in [0.2, 0.25) is 0 Å². The summed E-state index contributed by atoms with van der Waals surface area (Å²) < 4.78 is 16.9. The normalized spacial score (nSPS) is 15.0. The van der Waals surface area contributed by atoms with Crippen molar-refractivity contribution in [1.82, 2.24) is 19.1 Å². The molecule has 0 radical (unpaired) electrons. The monoisotopic (exact) mass is 397 g/mol. The molecule has 1 aromatic carbocycles. The quantitative estimate of drug-likeness (QED) is 0.733. The van der Waals surface area contributed by atoms with Crippen LogP contribution in [-0.2, 0) is 6.54 Å². The number of amides is 2. The second kappa shape index (κ2) is 8.06. The summed E-state index contributed by atoms with van der Waals surface area (Å²) in [6.45, 7) is 4.08. The van der Waals surface area contributed by atoms with E-state index >= 15 is 0 Å². The summed E-state index contributed by atoms with van der Waals surface area (Å²) >= 11 is 0. The Kier molecular flexibility index (Phi) is 5.33. The van der Waals surface area contributed by atoms with Crippen LogP contribution >= 0.6 is 0 Å². The van der Waals surface area contributed by atoms with Gasteiger partial charge in [0.05, 0.1) is 6.20 Å². The number of anilines is 1. The van der Waals surface area contributed by atoms with Crippen LogP contribution in [0, 0.1) is 5.82 Å². The molecule has 29 heavy (non-hydrogen) atoms. The topological polar surface area (TPSA) is 71.6 Å². The van der Waals surface area contributed by atoms with Gasteiger partial charge in [0.2, 0.25) is 0 Å². The lowest BCUT2D eigenvalue weighted by atomic mass is 9.93. The van der Waals surface area contributed by atoms with Gasteiger partial charge in [-0.2, -0.15) is 9.61 Å². The second-order valence-corrected chi connectivity index (χ2v) is 7.36. The van der Waals surface area contributed by atoms with Crippen molar-refractivity contribution >= 4 is 17.4 Å². The number of aromatic nitrogens is 3. The molecule has 0 aliphatic carbocycles. The number of carbonyl (C=O) groups excluding carboxylic acids is 1. The van der Waals surface area contributed by atoms with Crippen LogP contribution < -0.4 is 10.9 Å². The van der Waals surface area contributed by atoms with E-state index in [2.05, 4.69) is 21.9 Å². The number of likely N-dealkylation sites (tertiary alicyclic amines) is 1. The number of rotatable bonds is 4. The minimum absolute atomic E-state index is 0.126. The molecule has 1 saturated heterocycles. The van der Waals surface area contributed by atoms with Gasteiger partial charge in [0.25, 0.3) is 5.56 Å². The maximum absolute atomic E-state index is 13.3. The lowest BCUT2D eigenvalue weighted by Crippen LogP contribution is -2.41. The van der Waals surface area contributed by atoms with Crippen molar-refractivity contribution in [2.45, 2.75) is 38.6 Å². The number of nitrogens with zero attached hydrogens (tertiary/aromatic N) is 4. The lowest BCUT2D eigenvalue weighted by molar-refractivity contribution is 0.193. The third-order valence-corrected chi connectivity index (χ3v) is 5.41. The first-order valence-corrected chi connectivity index (χ1v) is 9.96. The molecule has 1 fully saturated rings. The van der Waals surface area contributed by atoms with E-state index in [0.29, 0.717) is 18.8 Å². The fourth-order valence-corrected chi connectivity index (χ4v) is 4.02. The molecular formula is C21H24FN5O2. The van der Waals surface area contributed by atoms with Gasteiger partial charge in [0, 0.05) is 49.1 Å². The lowest BCUT2D eigenvalue weighted by Gasteiger charge is -2.33. The van der Waals surface area contributed by atoms with Gasteiger partial charge in [-0.15, -0.1) is 0 Å². The van der Waals surface area contributed by atoms with Crippen LogP contribution in [-0.4, -0.2) is 38.2 Å². The van der Waals surface area contributed by atoms with Crippen LogP contribution in [0.5, 0.6) is 0 Å². The number of hydrogen-bond acceptors (Lipinski definition) is 3. The number of aryl methyl sites for hydroxylation is 1. The Morgan fingerprint density at radius 2 is 2.03 bits per heavy atom. The molecule has 0 bridgehead atoms. The molecule has 1 aliphatic rings. The molecule has 152 valence electrons. The first-order chi connectivity index (χ1) is 14.1. The molecule has 8 heteroatoms. The van der Waals surface area contributed by atoms with Crippen molar-refractivity contribution < 1.29 is 9.18 Å². The number of piperidine rings is 1. The maximum atomic E-state index is 13.3. The number of benzene rings is 1. The zero-order chi connectivity index (χ0) is 20.4. The Labute approximate surface area is 167 Å². The van der Waals surface area contributed by atoms with Crippen molar-refractivity contribution in [1.29, 1.82) is 0 Å². The molecule has 0 atom stereocenters. The number of halogens is 1. The van der Waals surface area contributed by atoms with Crippen LogP contribution in [0.25, 0.3) is 5.65 Å². The summed E-state index contributed by atoms with van der Waals surface area (Å²) in [7, 11) is 0. The molecular weight excluding hydrogens is 373 g/mol. The van der Waals surface area contributed by atoms with E-state index in [1.807, 2.05) is 6.07 Å². The summed E-state index contributed by atoms with van der Waals surface area (Å²) in [4.78, 5) is 26.7. The van der Waals surface area contributed by atoms with Gasteiger partial charge in [0.15, 0.2) is 0 Å². The Balaban J connectivity index is 1.49. The van der Waals surface area contributed by atoms with E-state index in [1.165, 1.54) is 16.6 Å². The van der Waals surface area contributed by atoms with Crippen molar-refractivity contribution in [2.24, 2.45) is 0 Å². The molecule has 4 rings (SSSR count). The number of fused-ring (bicyclic) bond motifs is 1. The average Bonchev–Trinajstić information content (AvgIpc) is 3.21. The van der Waals surface area contributed by atoms with Gasteiger partial charge in [-0.3, -0.25) is 4.79 Å². The fraction of sp³-hybridized carbons (Fsp3) is 0.381. The molecule has 0 spiro atoms. The number of hydrogen-bond donors (Lipinski definition) is 1. The molecule has 1 aliphatic heterocycles. The Morgan fingerprint density at radius 1 is 1.24 bits per heavy atom. The zero-order valence-corrected chi connectivity index (χ0v) is 16.3. The minimum atomic E-state index is -0.384. The van der Waals surface area contributed by atoms with Gasteiger partial charge >= 0.3 is 6.03 Å². The van der Waals surface area contributed by atoms with Crippen molar-refractivity contribution in [3.05, 3.63) is 64.5 Å². The van der Waals surface area contributed by atoms with Gasteiger partial charge in [0.1, 0.15) is 11.5 Å². The highest BCUT2D eigenvalue weighted by molar-refractivity contribution is 5.89. The molecule has 0 saturated carbocycles. The van der Waals surface area contributed by atoms with Crippen molar-refractivity contribution in [2.75, 3.05) is 18.4 Å². The standard InChI is InChI=1S/C21H24FN5O2/c1-2-10-26-18(14-20(28)27-19(26)6-9-23-27)15-7-11-25(12-8-15)21(29)24-17-5-3-4-16(22)13-17/h3-6,9,13-15H,2,7-8,10-12H2,1H3,(H,24,29). The number of urea groups is 1. The van der Waals surface area contributed by atoms with Gasteiger partial charge in [-0.25, -0.2) is 9.18 Å². The molecule has 3 aromatic rings. The van der Waals surface area contributed by atoms with Gasteiger partial charge in [-0.1, -0.05) is 13.0 Å². The highest BCUT2D eigenvalue weighted by atomic mass is 19.1. The summed E-state index contributed by atoms with van der Waals surface area (Å²) in [6.07, 6.45) is 4.13. The fourth-order valence-electron chi connectivity index (χ4n) is 4.02. The van der Waals surface area contributed by atoms with Crippen LogP contribution in [0.15, 0.2) is 47.4 Å². The molecule has 2 amide bonds. The summed E-state index contributed by atoms with van der Waals surface area (Å²) in [5, 5.41) is 6.87. The Morgan fingerprint density at radius 3 is 2.76 bits per heavy atom. The third-order valence-electron chi connectivity index (χ3n) is 5.41. The van der Waals surface area contributed by atoms with Gasteiger partial charge < -0.3 is 14.8 Å². The second-order valence-electron chi connectivity index (χ2n) is 7.36. The van der Waals surface area contributed by atoms with Gasteiger partial charge in [-0.05, 0) is 37.5 Å². The summed E-state index contributed by atoms with van der Waals surface area (Å²) in [5.41, 5.74) is 2.13. The van der Waals surface area contributed by atoms with E-state index in [1.54, 1.807) is 29.3 Å². The predicted molar refractivity (Wildman–Crippen MR) is 109 cm³/mol. The van der Waals surface area contributed by atoms with E-state index < -0.39 is 0 Å². The predicted octanol–water partition coefficient (Wildman–Crippen LogP) is 3.46. The smallest absolute Gasteiger partial charge is 0.321 e. The Bertz CT molecular complexity index is 1080. The first kappa shape index (κ1) is 19.2. The largest absolute Gasteiger partial charge is 0.329 e.